The van der Waals surface area contributed by atoms with E-state index >= 15 is 0 Å². The molecule has 2 N–H and O–H groups in total. The predicted octanol–water partition coefficient (Wildman–Crippen LogP) is 2.65. The molecule has 1 aliphatic carbocycles. The quantitative estimate of drug-likeness (QED) is 0.815. The molecule has 1 aromatic rings. The van der Waals surface area contributed by atoms with Gasteiger partial charge in [0.1, 0.15) is 0 Å². The first-order chi connectivity index (χ1) is 6.72. The van der Waals surface area contributed by atoms with Crippen LogP contribution >= 0.6 is 11.3 Å². The van der Waals surface area contributed by atoms with E-state index in [0.29, 0.717) is 11.8 Å². The maximum absolute atomic E-state index is 5.55. The molecule has 1 aromatic heterocycles. The standard InChI is InChI=1S/C11H18N2S/c1-7-3-4-8(2)11-10(7)13-9(14-11)5-6-12/h7-8H,3-6,12H2,1-2H3. The van der Waals surface area contributed by atoms with Crippen molar-refractivity contribution in [2.24, 2.45) is 5.73 Å². The lowest BCUT2D eigenvalue weighted by Crippen LogP contribution is -2.08. The first kappa shape index (κ1) is 10.1. The summed E-state index contributed by atoms with van der Waals surface area (Å²) in [7, 11) is 0. The Morgan fingerprint density at radius 3 is 2.71 bits per heavy atom. The second-order valence-corrected chi connectivity index (χ2v) is 5.39. The van der Waals surface area contributed by atoms with Gasteiger partial charge in [0, 0.05) is 11.3 Å². The third-order valence-corrected chi connectivity index (χ3v) is 4.39. The van der Waals surface area contributed by atoms with Gasteiger partial charge in [-0.05, 0) is 31.2 Å². The van der Waals surface area contributed by atoms with Gasteiger partial charge in [-0.15, -0.1) is 11.3 Å². The van der Waals surface area contributed by atoms with Crippen molar-refractivity contribution in [3.8, 4) is 0 Å². The summed E-state index contributed by atoms with van der Waals surface area (Å²) in [5.41, 5.74) is 6.91. The normalized spacial score (nSPS) is 26.2. The average molecular weight is 210 g/mol. The van der Waals surface area contributed by atoms with Crippen LogP contribution in [-0.2, 0) is 6.42 Å². The summed E-state index contributed by atoms with van der Waals surface area (Å²) in [5, 5.41) is 1.23. The first-order valence-corrected chi connectivity index (χ1v) is 6.23. The molecule has 2 rings (SSSR count). The smallest absolute Gasteiger partial charge is 0.0943 e. The van der Waals surface area contributed by atoms with Gasteiger partial charge >= 0.3 is 0 Å². The zero-order chi connectivity index (χ0) is 10.1. The molecule has 0 saturated heterocycles. The molecule has 2 nitrogen and oxygen atoms in total. The maximum Gasteiger partial charge on any atom is 0.0943 e. The summed E-state index contributed by atoms with van der Waals surface area (Å²) in [6, 6.07) is 0. The van der Waals surface area contributed by atoms with Gasteiger partial charge in [-0.2, -0.15) is 0 Å². The third kappa shape index (κ3) is 1.71. The van der Waals surface area contributed by atoms with Gasteiger partial charge in [0.2, 0.25) is 0 Å². The monoisotopic (exact) mass is 210 g/mol. The SMILES string of the molecule is CC1CCC(C)c2sc(CCN)nc21. The Balaban J connectivity index is 2.32. The molecular weight excluding hydrogens is 192 g/mol. The highest BCUT2D eigenvalue weighted by Gasteiger charge is 2.25. The van der Waals surface area contributed by atoms with Gasteiger partial charge in [-0.3, -0.25) is 0 Å². The van der Waals surface area contributed by atoms with E-state index in [1.54, 1.807) is 0 Å². The van der Waals surface area contributed by atoms with Gasteiger partial charge in [0.05, 0.1) is 10.7 Å². The van der Waals surface area contributed by atoms with Crippen LogP contribution in [0.2, 0.25) is 0 Å². The van der Waals surface area contributed by atoms with E-state index in [9.17, 15) is 0 Å². The summed E-state index contributed by atoms with van der Waals surface area (Å²) >= 11 is 1.88. The van der Waals surface area contributed by atoms with Crippen molar-refractivity contribution in [2.45, 2.75) is 44.9 Å². The summed E-state index contributed by atoms with van der Waals surface area (Å²) in [6.07, 6.45) is 3.55. The lowest BCUT2D eigenvalue weighted by molar-refractivity contribution is 0.525. The van der Waals surface area contributed by atoms with Gasteiger partial charge in [-0.1, -0.05) is 13.8 Å². The molecular formula is C11H18N2S. The van der Waals surface area contributed by atoms with Crippen LogP contribution in [0.15, 0.2) is 0 Å². The van der Waals surface area contributed by atoms with Crippen molar-refractivity contribution in [3.63, 3.8) is 0 Å². The lowest BCUT2D eigenvalue weighted by Gasteiger charge is -2.22. The zero-order valence-corrected chi connectivity index (χ0v) is 9.73. The van der Waals surface area contributed by atoms with Gasteiger partial charge in [-0.25, -0.2) is 4.98 Å². The molecule has 0 saturated carbocycles. The van der Waals surface area contributed by atoms with E-state index in [0.717, 1.165) is 13.0 Å². The summed E-state index contributed by atoms with van der Waals surface area (Å²) in [4.78, 5) is 6.23. The molecule has 0 bridgehead atoms. The van der Waals surface area contributed by atoms with E-state index in [2.05, 4.69) is 13.8 Å². The van der Waals surface area contributed by atoms with E-state index < -0.39 is 0 Å². The number of hydrogen-bond acceptors (Lipinski definition) is 3. The lowest BCUT2D eigenvalue weighted by atomic mass is 9.86. The summed E-state index contributed by atoms with van der Waals surface area (Å²) in [6.45, 7) is 5.32. The summed E-state index contributed by atoms with van der Waals surface area (Å²) in [5.74, 6) is 1.37. The van der Waals surface area contributed by atoms with Crippen LogP contribution in [0.5, 0.6) is 0 Å². The Hall–Kier alpha value is -0.410. The van der Waals surface area contributed by atoms with Crippen molar-refractivity contribution in [1.82, 2.24) is 4.98 Å². The minimum Gasteiger partial charge on any atom is -0.330 e. The van der Waals surface area contributed by atoms with E-state index in [-0.39, 0.29) is 0 Å². The van der Waals surface area contributed by atoms with E-state index in [1.165, 1.54) is 28.4 Å². The molecule has 0 aliphatic heterocycles. The molecule has 0 radical (unpaired) electrons. The molecule has 1 heterocycles. The number of nitrogens with two attached hydrogens (primary N) is 1. The molecule has 2 unspecified atom stereocenters. The fourth-order valence-electron chi connectivity index (χ4n) is 2.10. The number of nitrogens with zero attached hydrogens (tertiary/aromatic N) is 1. The van der Waals surface area contributed by atoms with Crippen LogP contribution in [0, 0.1) is 0 Å². The second kappa shape index (κ2) is 3.99. The van der Waals surface area contributed by atoms with Crippen LogP contribution in [0.1, 0.15) is 54.1 Å². The topological polar surface area (TPSA) is 38.9 Å². The highest BCUT2D eigenvalue weighted by atomic mass is 32.1. The van der Waals surface area contributed by atoms with Crippen LogP contribution in [-0.4, -0.2) is 11.5 Å². The number of rotatable bonds is 2. The highest BCUT2D eigenvalue weighted by molar-refractivity contribution is 7.11. The maximum atomic E-state index is 5.55. The van der Waals surface area contributed by atoms with Crippen LogP contribution in [0.25, 0.3) is 0 Å². The van der Waals surface area contributed by atoms with Crippen molar-refractivity contribution in [2.75, 3.05) is 6.54 Å². The minimum absolute atomic E-state index is 0.656. The molecule has 3 heteroatoms. The molecule has 0 aromatic carbocycles. The Kier molecular flexibility index (Phi) is 2.88. The Bertz CT molecular complexity index is 292. The van der Waals surface area contributed by atoms with Crippen LogP contribution in [0.3, 0.4) is 0 Å². The van der Waals surface area contributed by atoms with Crippen molar-refractivity contribution >= 4 is 11.3 Å². The predicted molar refractivity (Wildman–Crippen MR) is 60.9 cm³/mol. The zero-order valence-electron chi connectivity index (χ0n) is 8.92. The fourth-order valence-corrected chi connectivity index (χ4v) is 3.38. The minimum atomic E-state index is 0.656. The summed E-state index contributed by atoms with van der Waals surface area (Å²) < 4.78 is 0. The third-order valence-electron chi connectivity index (χ3n) is 3.03. The molecule has 14 heavy (non-hydrogen) atoms. The van der Waals surface area contributed by atoms with E-state index in [4.69, 9.17) is 10.7 Å². The molecule has 0 spiro atoms. The van der Waals surface area contributed by atoms with Crippen LogP contribution in [0.4, 0.5) is 0 Å². The molecule has 2 atom stereocenters. The molecule has 78 valence electrons. The van der Waals surface area contributed by atoms with Gasteiger partial charge in [0.25, 0.3) is 0 Å². The number of thiazole rings is 1. The van der Waals surface area contributed by atoms with Crippen molar-refractivity contribution < 1.29 is 0 Å². The molecule has 1 aliphatic rings. The van der Waals surface area contributed by atoms with Crippen molar-refractivity contribution in [1.29, 1.82) is 0 Å². The largest absolute Gasteiger partial charge is 0.330 e. The fraction of sp³-hybridized carbons (Fsp3) is 0.727. The Labute approximate surface area is 89.5 Å². The van der Waals surface area contributed by atoms with E-state index in [1.807, 2.05) is 11.3 Å². The Morgan fingerprint density at radius 2 is 2.07 bits per heavy atom. The van der Waals surface area contributed by atoms with Crippen LogP contribution < -0.4 is 5.73 Å². The van der Waals surface area contributed by atoms with Gasteiger partial charge in [0.15, 0.2) is 0 Å². The van der Waals surface area contributed by atoms with Gasteiger partial charge < -0.3 is 5.73 Å². The van der Waals surface area contributed by atoms with Crippen molar-refractivity contribution in [3.05, 3.63) is 15.6 Å². The second-order valence-electron chi connectivity index (χ2n) is 4.28. The molecule has 0 amide bonds. The number of hydrogen-bond donors (Lipinski definition) is 1. The number of fused-ring (bicyclic) bond motifs is 1. The highest BCUT2D eigenvalue weighted by Crippen LogP contribution is 2.41. The average Bonchev–Trinajstić information content (AvgIpc) is 2.57. The first-order valence-electron chi connectivity index (χ1n) is 5.42. The number of aromatic nitrogens is 1. The Morgan fingerprint density at radius 1 is 1.36 bits per heavy atom. The molecule has 0 fully saturated rings.